The first kappa shape index (κ1) is 27.0. The van der Waals surface area contributed by atoms with E-state index in [1.54, 1.807) is 0 Å². The first-order valence-corrected chi connectivity index (χ1v) is 13.7. The normalized spacial score (nSPS) is 13.9. The summed E-state index contributed by atoms with van der Waals surface area (Å²) in [5, 5.41) is 5.48. The van der Waals surface area contributed by atoms with E-state index in [0.717, 1.165) is 67.9 Å². The van der Waals surface area contributed by atoms with Crippen molar-refractivity contribution in [2.45, 2.75) is 41.0 Å². The summed E-state index contributed by atoms with van der Waals surface area (Å²) in [5.41, 5.74) is 11.7. The van der Waals surface area contributed by atoms with Crippen molar-refractivity contribution in [1.29, 1.82) is 0 Å². The zero-order valence-corrected chi connectivity index (χ0v) is 24.0. The number of hydrogen-bond acceptors (Lipinski definition) is 3. The van der Waals surface area contributed by atoms with Gasteiger partial charge in [-0.2, -0.15) is 0 Å². The molecule has 3 heteroatoms. The van der Waals surface area contributed by atoms with Crippen molar-refractivity contribution >= 4 is 27.9 Å². The average molecular weight is 525 g/mol. The van der Waals surface area contributed by atoms with E-state index in [9.17, 15) is 0 Å². The predicted molar refractivity (Wildman–Crippen MR) is 171 cm³/mol. The van der Waals surface area contributed by atoms with Crippen molar-refractivity contribution < 1.29 is 4.42 Å². The van der Waals surface area contributed by atoms with Crippen LogP contribution in [0.2, 0.25) is 0 Å². The molecule has 0 unspecified atom stereocenters. The van der Waals surface area contributed by atoms with Crippen LogP contribution in [0.1, 0.15) is 43.9 Å². The van der Waals surface area contributed by atoms with E-state index in [-0.39, 0.29) is 0 Å². The van der Waals surface area contributed by atoms with Crippen LogP contribution in [0.25, 0.3) is 27.9 Å². The van der Waals surface area contributed by atoms with E-state index in [1.807, 2.05) is 19.1 Å². The van der Waals surface area contributed by atoms with Gasteiger partial charge < -0.3 is 9.73 Å². The van der Waals surface area contributed by atoms with Crippen LogP contribution in [0, 0.1) is 13.8 Å². The van der Waals surface area contributed by atoms with Gasteiger partial charge in [-0.05, 0) is 94.2 Å². The largest absolute Gasteiger partial charge is 0.456 e. The molecule has 0 aromatic heterocycles. The zero-order chi connectivity index (χ0) is 28.2. The fraction of sp³-hybridized carbons (Fsp3) is 0.162. The molecule has 3 aliphatic rings. The first-order chi connectivity index (χ1) is 19.3. The number of hydrogen-bond donors (Lipinski definition) is 1. The third kappa shape index (κ3) is 6.00. The molecule has 1 aliphatic heterocycles. The molecule has 200 valence electrons. The molecule has 3 nitrogen and oxygen atoms in total. The number of rotatable bonds is 6. The summed E-state index contributed by atoms with van der Waals surface area (Å²) in [7, 11) is 0. The highest BCUT2D eigenvalue weighted by Crippen LogP contribution is 2.39. The van der Waals surface area contributed by atoms with Crippen LogP contribution in [0.15, 0.2) is 130 Å². The minimum absolute atomic E-state index is 0.790. The van der Waals surface area contributed by atoms with Gasteiger partial charge in [0.15, 0.2) is 0 Å². The quantitative estimate of drug-likeness (QED) is 0.201. The second kappa shape index (κ2) is 11.6. The Bertz CT molecular complexity index is 1800. The van der Waals surface area contributed by atoms with Crippen molar-refractivity contribution in [2.24, 2.45) is 4.99 Å². The number of nitrogens with zero attached hydrogens (tertiary/aromatic N) is 1. The molecular formula is C37H36N2O. The maximum absolute atomic E-state index is 6.59. The Hall–Kier alpha value is -4.63. The maximum atomic E-state index is 6.59. The van der Waals surface area contributed by atoms with Gasteiger partial charge in [-0.1, -0.05) is 66.3 Å². The van der Waals surface area contributed by atoms with Crippen molar-refractivity contribution in [3.05, 3.63) is 143 Å². The standard InChI is InChI=1S/C37H36N2O/c1-24(2)13-19-33(25(3)4)38-29-15-17-31-35(22-29)40-36-23-30(39-34-20-14-26(5)21-27(34)6)16-18-32(36)37(31)28-11-9-7-8-10-12-28/h7,9-23,39H,3,8H2,1-2,4-6H3/b33-19+,38-29?. The van der Waals surface area contributed by atoms with Gasteiger partial charge in [-0.3, -0.25) is 0 Å². The minimum Gasteiger partial charge on any atom is -0.456 e. The third-order valence-corrected chi connectivity index (χ3v) is 6.90. The molecule has 2 aromatic rings. The Labute approximate surface area is 237 Å². The summed E-state index contributed by atoms with van der Waals surface area (Å²) in [5.74, 6) is 0.790. The SMILES string of the molecule is C=C(C)/C(=C\C=C(C)C)N=c1ccc2c(C3=CC=CCC=C3)c3ccc(Nc4ccc(C)cc4C)cc3oc-2c1. The van der Waals surface area contributed by atoms with Gasteiger partial charge in [-0.15, -0.1) is 0 Å². The first-order valence-electron chi connectivity index (χ1n) is 13.7. The molecule has 1 N–H and O–H groups in total. The number of benzene rings is 3. The number of nitrogens with one attached hydrogen (secondary N) is 1. The van der Waals surface area contributed by atoms with E-state index in [1.165, 1.54) is 16.7 Å². The second-order valence-electron chi connectivity index (χ2n) is 10.7. The van der Waals surface area contributed by atoms with Crippen molar-refractivity contribution in [3.63, 3.8) is 0 Å². The van der Waals surface area contributed by atoms with Crippen LogP contribution in [-0.2, 0) is 0 Å². The maximum Gasteiger partial charge on any atom is 0.137 e. The zero-order valence-electron chi connectivity index (χ0n) is 24.0. The Morgan fingerprint density at radius 1 is 0.950 bits per heavy atom. The fourth-order valence-corrected chi connectivity index (χ4v) is 4.85. The summed E-state index contributed by atoms with van der Waals surface area (Å²) in [6.07, 6.45) is 15.9. The van der Waals surface area contributed by atoms with Gasteiger partial charge in [0.2, 0.25) is 0 Å². The lowest BCUT2D eigenvalue weighted by Gasteiger charge is -2.17. The van der Waals surface area contributed by atoms with E-state index in [0.29, 0.717) is 0 Å². The third-order valence-electron chi connectivity index (χ3n) is 6.90. The van der Waals surface area contributed by atoms with Gasteiger partial charge in [0.05, 0.1) is 11.1 Å². The molecule has 0 bridgehead atoms. The summed E-state index contributed by atoms with van der Waals surface area (Å²) in [4.78, 5) is 4.91. The van der Waals surface area contributed by atoms with Crippen LogP contribution in [0.5, 0.6) is 0 Å². The molecule has 0 radical (unpaired) electrons. The Morgan fingerprint density at radius 2 is 1.80 bits per heavy atom. The lowest BCUT2D eigenvalue weighted by molar-refractivity contribution is 0.618. The lowest BCUT2D eigenvalue weighted by Crippen LogP contribution is -2.04. The molecule has 1 heterocycles. The molecule has 0 fully saturated rings. The van der Waals surface area contributed by atoms with Gasteiger partial charge in [0.1, 0.15) is 11.3 Å². The Morgan fingerprint density at radius 3 is 2.58 bits per heavy atom. The summed E-state index contributed by atoms with van der Waals surface area (Å²) in [6.45, 7) is 14.5. The van der Waals surface area contributed by atoms with Crippen LogP contribution in [-0.4, -0.2) is 0 Å². The fourth-order valence-electron chi connectivity index (χ4n) is 4.85. The average Bonchev–Trinajstić information content (AvgIpc) is 3.20. The molecular weight excluding hydrogens is 488 g/mol. The number of allylic oxidation sites excluding steroid dienone is 10. The van der Waals surface area contributed by atoms with Gasteiger partial charge >= 0.3 is 0 Å². The smallest absolute Gasteiger partial charge is 0.137 e. The molecule has 0 saturated heterocycles. The summed E-state index contributed by atoms with van der Waals surface area (Å²) >= 11 is 0. The molecule has 0 atom stereocenters. The summed E-state index contributed by atoms with van der Waals surface area (Å²) in [6, 6.07) is 19.0. The van der Waals surface area contributed by atoms with Gasteiger partial charge in [0, 0.05) is 40.0 Å². The van der Waals surface area contributed by atoms with Crippen molar-refractivity contribution in [3.8, 4) is 11.3 Å². The Balaban J connectivity index is 1.71. The topological polar surface area (TPSA) is 37.5 Å². The van der Waals surface area contributed by atoms with E-state index in [4.69, 9.17) is 9.41 Å². The number of fused-ring (bicyclic) bond motifs is 2. The van der Waals surface area contributed by atoms with E-state index in [2.05, 4.69) is 125 Å². The molecule has 0 saturated carbocycles. The number of aryl methyl sites for hydroxylation is 2. The van der Waals surface area contributed by atoms with Gasteiger partial charge in [-0.25, -0.2) is 4.99 Å². The molecule has 40 heavy (non-hydrogen) atoms. The molecule has 0 amide bonds. The molecule has 5 rings (SSSR count). The number of anilines is 2. The van der Waals surface area contributed by atoms with Crippen molar-refractivity contribution in [2.75, 3.05) is 5.32 Å². The highest BCUT2D eigenvalue weighted by atomic mass is 16.3. The predicted octanol–water partition coefficient (Wildman–Crippen LogP) is 10.1. The summed E-state index contributed by atoms with van der Waals surface area (Å²) < 4.78 is 6.59. The van der Waals surface area contributed by atoms with E-state index < -0.39 is 0 Å². The Kier molecular flexibility index (Phi) is 7.84. The highest BCUT2D eigenvalue weighted by Gasteiger charge is 2.18. The van der Waals surface area contributed by atoms with E-state index >= 15 is 0 Å². The monoisotopic (exact) mass is 524 g/mol. The molecule has 2 aromatic carbocycles. The van der Waals surface area contributed by atoms with Gasteiger partial charge in [0.25, 0.3) is 0 Å². The molecule has 0 spiro atoms. The van der Waals surface area contributed by atoms with Crippen LogP contribution >= 0.6 is 0 Å². The minimum atomic E-state index is 0.790. The second-order valence-corrected chi connectivity index (χ2v) is 10.7. The van der Waals surface area contributed by atoms with Crippen LogP contribution in [0.3, 0.4) is 0 Å². The molecule has 2 aliphatic carbocycles. The van der Waals surface area contributed by atoms with Crippen LogP contribution < -0.4 is 10.7 Å². The lowest BCUT2D eigenvalue weighted by atomic mass is 9.93. The van der Waals surface area contributed by atoms with Crippen molar-refractivity contribution in [1.82, 2.24) is 0 Å². The highest BCUT2D eigenvalue weighted by molar-refractivity contribution is 6.01. The van der Waals surface area contributed by atoms with Crippen LogP contribution in [0.4, 0.5) is 11.4 Å².